The number of rotatable bonds is 4. The second-order valence-electron chi connectivity index (χ2n) is 4.86. The van der Waals surface area contributed by atoms with Crippen LogP contribution in [0.4, 0.5) is 13.2 Å². The number of nitrogens with one attached hydrogen (secondary N) is 1. The lowest BCUT2D eigenvalue weighted by molar-refractivity contribution is -0.137. The van der Waals surface area contributed by atoms with Gasteiger partial charge in [0.25, 0.3) is 0 Å². The molecule has 1 heterocycles. The molecular weight excluding hydrogens is 345 g/mol. The molecule has 2 aromatic carbocycles. The highest BCUT2D eigenvalue weighted by molar-refractivity contribution is 6.31. The number of hydrogen-bond donors (Lipinski definition) is 1. The summed E-state index contributed by atoms with van der Waals surface area (Å²) in [5.41, 5.74) is 0.652. The number of ether oxygens (including phenoxy) is 1. The van der Waals surface area contributed by atoms with E-state index in [0.29, 0.717) is 5.82 Å². The summed E-state index contributed by atoms with van der Waals surface area (Å²) in [6.45, 7) is 0.160. The molecule has 0 aliphatic rings. The summed E-state index contributed by atoms with van der Waals surface area (Å²) in [6, 6.07) is 10.5. The van der Waals surface area contributed by atoms with Crippen molar-refractivity contribution >= 4 is 11.6 Å². The second-order valence-corrected chi connectivity index (χ2v) is 5.27. The first-order chi connectivity index (χ1) is 11.4. The van der Waals surface area contributed by atoms with Crippen LogP contribution in [0.2, 0.25) is 5.02 Å². The predicted molar refractivity (Wildman–Crippen MR) is 80.4 cm³/mol. The first-order valence-electron chi connectivity index (χ1n) is 6.76. The van der Waals surface area contributed by atoms with E-state index in [9.17, 15) is 13.2 Å². The maximum Gasteiger partial charge on any atom is 0.417 e. The van der Waals surface area contributed by atoms with Crippen molar-refractivity contribution in [1.29, 1.82) is 0 Å². The molecule has 0 aliphatic carbocycles. The summed E-state index contributed by atoms with van der Waals surface area (Å²) in [4.78, 5) is 0. The van der Waals surface area contributed by atoms with Crippen LogP contribution in [-0.2, 0) is 12.8 Å². The smallest absolute Gasteiger partial charge is 0.417 e. The van der Waals surface area contributed by atoms with E-state index in [-0.39, 0.29) is 12.4 Å². The van der Waals surface area contributed by atoms with Crippen molar-refractivity contribution in [2.45, 2.75) is 12.8 Å². The number of tetrazole rings is 1. The summed E-state index contributed by atoms with van der Waals surface area (Å²) >= 11 is 5.66. The van der Waals surface area contributed by atoms with Crippen LogP contribution in [0.25, 0.3) is 11.4 Å². The molecule has 124 valence electrons. The minimum atomic E-state index is -4.49. The molecule has 3 rings (SSSR count). The van der Waals surface area contributed by atoms with Gasteiger partial charge >= 0.3 is 6.18 Å². The minimum absolute atomic E-state index is 0.160. The van der Waals surface area contributed by atoms with Gasteiger partial charge in [-0.15, -0.1) is 10.2 Å². The third kappa shape index (κ3) is 3.65. The zero-order valence-corrected chi connectivity index (χ0v) is 12.8. The number of alkyl halides is 3. The first kappa shape index (κ1) is 16.3. The van der Waals surface area contributed by atoms with Crippen LogP contribution in [0.15, 0.2) is 42.5 Å². The van der Waals surface area contributed by atoms with Crippen LogP contribution in [0, 0.1) is 0 Å². The van der Waals surface area contributed by atoms with Gasteiger partial charge in [0, 0.05) is 5.56 Å². The van der Waals surface area contributed by atoms with E-state index in [0.717, 1.165) is 23.3 Å². The van der Waals surface area contributed by atoms with Crippen molar-refractivity contribution in [3.05, 3.63) is 58.6 Å². The molecule has 5 nitrogen and oxygen atoms in total. The summed E-state index contributed by atoms with van der Waals surface area (Å²) < 4.78 is 43.5. The van der Waals surface area contributed by atoms with Crippen LogP contribution in [0.3, 0.4) is 0 Å². The van der Waals surface area contributed by atoms with E-state index < -0.39 is 16.8 Å². The molecule has 0 atom stereocenters. The number of benzene rings is 2. The van der Waals surface area contributed by atoms with E-state index in [1.807, 2.05) is 12.1 Å². The maximum atomic E-state index is 12.7. The molecule has 0 aliphatic heterocycles. The third-order valence-electron chi connectivity index (χ3n) is 3.18. The number of nitrogens with zero attached hydrogens (tertiary/aromatic N) is 3. The monoisotopic (exact) mass is 354 g/mol. The Bertz CT molecular complexity index is 837. The van der Waals surface area contributed by atoms with Crippen molar-refractivity contribution in [1.82, 2.24) is 20.6 Å². The van der Waals surface area contributed by atoms with E-state index >= 15 is 0 Å². The molecule has 24 heavy (non-hydrogen) atoms. The minimum Gasteiger partial charge on any atom is -0.489 e. The molecule has 0 saturated carbocycles. The SMILES string of the molecule is FC(F)(F)c1ccc(OCc2cccc(-c3nn[nH]n3)c2)cc1Cl. The van der Waals surface area contributed by atoms with Gasteiger partial charge in [-0.3, -0.25) is 0 Å². The molecule has 0 saturated heterocycles. The summed E-state index contributed by atoms with van der Waals surface area (Å²) in [5.74, 6) is 0.687. The van der Waals surface area contributed by atoms with Gasteiger partial charge in [0.15, 0.2) is 0 Å². The van der Waals surface area contributed by atoms with Crippen molar-refractivity contribution < 1.29 is 17.9 Å². The topological polar surface area (TPSA) is 63.7 Å². The van der Waals surface area contributed by atoms with E-state index in [2.05, 4.69) is 20.6 Å². The van der Waals surface area contributed by atoms with Gasteiger partial charge in [-0.05, 0) is 35.0 Å². The van der Waals surface area contributed by atoms with Gasteiger partial charge < -0.3 is 4.74 Å². The lowest BCUT2D eigenvalue weighted by atomic mass is 10.1. The summed E-state index contributed by atoms with van der Waals surface area (Å²) in [6.07, 6.45) is -4.49. The van der Waals surface area contributed by atoms with Gasteiger partial charge in [0.05, 0.1) is 10.6 Å². The number of halogens is 4. The van der Waals surface area contributed by atoms with Crippen LogP contribution in [0.5, 0.6) is 5.75 Å². The Morgan fingerprint density at radius 3 is 2.62 bits per heavy atom. The van der Waals surface area contributed by atoms with Crippen LogP contribution in [-0.4, -0.2) is 20.6 Å². The summed E-state index contributed by atoms with van der Waals surface area (Å²) in [5, 5.41) is 13.2. The fourth-order valence-corrected chi connectivity index (χ4v) is 2.34. The Morgan fingerprint density at radius 1 is 1.12 bits per heavy atom. The van der Waals surface area contributed by atoms with Crippen LogP contribution >= 0.6 is 11.6 Å². The van der Waals surface area contributed by atoms with E-state index in [1.54, 1.807) is 12.1 Å². The molecule has 0 radical (unpaired) electrons. The van der Waals surface area contributed by atoms with Crippen LogP contribution < -0.4 is 4.74 Å². The molecule has 9 heteroatoms. The van der Waals surface area contributed by atoms with E-state index in [1.165, 1.54) is 6.07 Å². The second kappa shape index (κ2) is 6.48. The number of H-pyrrole nitrogens is 1. The van der Waals surface area contributed by atoms with Gasteiger partial charge in [-0.25, -0.2) is 0 Å². The zero-order valence-electron chi connectivity index (χ0n) is 12.0. The Morgan fingerprint density at radius 2 is 1.96 bits per heavy atom. The Hall–Kier alpha value is -2.61. The van der Waals surface area contributed by atoms with Gasteiger partial charge in [0.1, 0.15) is 12.4 Å². The number of hydrogen-bond acceptors (Lipinski definition) is 4. The molecule has 0 bridgehead atoms. The highest BCUT2D eigenvalue weighted by Crippen LogP contribution is 2.36. The van der Waals surface area contributed by atoms with Gasteiger partial charge in [-0.1, -0.05) is 29.8 Å². The van der Waals surface area contributed by atoms with Crippen molar-refractivity contribution in [3.63, 3.8) is 0 Å². The van der Waals surface area contributed by atoms with Gasteiger partial charge in [0.2, 0.25) is 5.82 Å². The first-order valence-corrected chi connectivity index (χ1v) is 7.13. The molecule has 0 spiro atoms. The Balaban J connectivity index is 1.72. The Kier molecular flexibility index (Phi) is 4.39. The lowest BCUT2D eigenvalue weighted by Gasteiger charge is -2.11. The summed E-state index contributed by atoms with van der Waals surface area (Å²) in [7, 11) is 0. The molecule has 0 fully saturated rings. The number of aromatic nitrogens is 4. The quantitative estimate of drug-likeness (QED) is 0.765. The van der Waals surface area contributed by atoms with Gasteiger partial charge in [-0.2, -0.15) is 18.4 Å². The van der Waals surface area contributed by atoms with Crippen molar-refractivity contribution in [2.75, 3.05) is 0 Å². The normalized spacial score (nSPS) is 11.5. The average molecular weight is 355 g/mol. The van der Waals surface area contributed by atoms with Crippen molar-refractivity contribution in [3.8, 4) is 17.1 Å². The zero-order chi connectivity index (χ0) is 17.2. The largest absolute Gasteiger partial charge is 0.489 e. The van der Waals surface area contributed by atoms with Crippen LogP contribution in [0.1, 0.15) is 11.1 Å². The van der Waals surface area contributed by atoms with E-state index in [4.69, 9.17) is 16.3 Å². The molecular formula is C15H10ClF3N4O. The molecule has 3 aromatic rings. The standard InChI is InChI=1S/C15H10ClF3N4O/c16-13-7-11(4-5-12(13)15(17,18)19)24-8-9-2-1-3-10(6-9)14-20-22-23-21-14/h1-7H,8H2,(H,20,21,22,23). The maximum absolute atomic E-state index is 12.7. The lowest BCUT2D eigenvalue weighted by Crippen LogP contribution is -2.06. The highest BCUT2D eigenvalue weighted by atomic mass is 35.5. The molecule has 0 amide bonds. The van der Waals surface area contributed by atoms with Crippen molar-refractivity contribution in [2.24, 2.45) is 0 Å². The fraction of sp³-hybridized carbons (Fsp3) is 0.133. The molecule has 0 unspecified atom stereocenters. The highest BCUT2D eigenvalue weighted by Gasteiger charge is 2.33. The molecule has 1 aromatic heterocycles. The predicted octanol–water partition coefficient (Wildman–Crippen LogP) is 4.12. The fourth-order valence-electron chi connectivity index (χ4n) is 2.07. The number of aromatic amines is 1. The Labute approximate surface area is 139 Å². The molecule has 1 N–H and O–H groups in total. The average Bonchev–Trinajstić information content (AvgIpc) is 3.06. The third-order valence-corrected chi connectivity index (χ3v) is 3.49.